The first-order chi connectivity index (χ1) is 17.6. The number of ether oxygens (including phenoxy) is 1. The molecule has 4 rings (SSSR count). The summed E-state index contributed by atoms with van der Waals surface area (Å²) in [6.07, 6.45) is 6.04. The molecule has 0 heterocycles. The molecule has 2 amide bonds. The van der Waals surface area contributed by atoms with Crippen molar-refractivity contribution >= 4 is 40.5 Å². The molecular formula is C29H31N3O3S. The fourth-order valence-corrected chi connectivity index (χ4v) is 4.53. The Morgan fingerprint density at radius 2 is 1.53 bits per heavy atom. The molecule has 1 aliphatic rings. The highest BCUT2D eigenvalue weighted by Gasteiger charge is 2.21. The normalized spacial score (nSPS) is 13.4. The molecule has 186 valence electrons. The zero-order valence-electron chi connectivity index (χ0n) is 20.2. The van der Waals surface area contributed by atoms with Gasteiger partial charge >= 0.3 is 0 Å². The third-order valence-electron chi connectivity index (χ3n) is 6.21. The number of carbonyl (C=O) groups excluding carboxylic acids is 2. The van der Waals surface area contributed by atoms with Crippen LogP contribution in [0.15, 0.2) is 78.9 Å². The fourth-order valence-electron chi connectivity index (χ4n) is 4.32. The Balaban J connectivity index is 1.31. The number of rotatable bonds is 8. The van der Waals surface area contributed by atoms with E-state index in [1.54, 1.807) is 24.3 Å². The van der Waals surface area contributed by atoms with Gasteiger partial charge < -0.3 is 15.4 Å². The Kier molecular flexibility index (Phi) is 9.05. The number of hydrogen-bond acceptors (Lipinski definition) is 4. The summed E-state index contributed by atoms with van der Waals surface area (Å²) in [5.74, 6) is 0.281. The average molecular weight is 502 g/mol. The topological polar surface area (TPSA) is 79.5 Å². The van der Waals surface area contributed by atoms with E-state index in [2.05, 4.69) is 16.0 Å². The molecule has 0 aromatic heterocycles. The van der Waals surface area contributed by atoms with Crippen LogP contribution in [0.25, 0.3) is 0 Å². The third kappa shape index (κ3) is 7.39. The molecule has 1 aliphatic carbocycles. The highest BCUT2D eigenvalue weighted by molar-refractivity contribution is 7.80. The number of amides is 2. The first kappa shape index (κ1) is 25.4. The van der Waals surface area contributed by atoms with Crippen molar-refractivity contribution in [2.45, 2.75) is 38.5 Å². The van der Waals surface area contributed by atoms with Crippen molar-refractivity contribution in [1.29, 1.82) is 0 Å². The maximum Gasteiger partial charge on any atom is 0.261 e. The number of hydrogen-bond donors (Lipinski definition) is 3. The quantitative estimate of drug-likeness (QED) is 0.332. The minimum Gasteiger partial charge on any atom is -0.492 e. The zero-order valence-corrected chi connectivity index (χ0v) is 21.0. The van der Waals surface area contributed by atoms with E-state index in [0.717, 1.165) is 32.1 Å². The van der Waals surface area contributed by atoms with Crippen LogP contribution in [0.5, 0.6) is 5.75 Å². The fraction of sp³-hybridized carbons (Fsp3) is 0.276. The molecule has 1 fully saturated rings. The van der Waals surface area contributed by atoms with Crippen LogP contribution in [0, 0.1) is 5.92 Å². The van der Waals surface area contributed by atoms with Crippen molar-refractivity contribution in [2.75, 3.05) is 17.2 Å². The van der Waals surface area contributed by atoms with E-state index in [1.807, 2.05) is 54.6 Å². The van der Waals surface area contributed by atoms with Gasteiger partial charge in [-0.2, -0.15) is 0 Å². The van der Waals surface area contributed by atoms with Gasteiger partial charge in [-0.25, -0.2) is 0 Å². The Morgan fingerprint density at radius 3 is 2.31 bits per heavy atom. The second-order valence-corrected chi connectivity index (χ2v) is 9.30. The predicted molar refractivity (Wildman–Crippen MR) is 147 cm³/mol. The van der Waals surface area contributed by atoms with Crippen molar-refractivity contribution in [3.05, 3.63) is 90.0 Å². The van der Waals surface area contributed by atoms with Crippen LogP contribution in [-0.2, 0) is 11.2 Å². The van der Waals surface area contributed by atoms with Gasteiger partial charge in [-0.05, 0) is 61.0 Å². The molecule has 0 radical (unpaired) electrons. The standard InChI is InChI=1S/C29H31N3O3S/c33-27(22-12-5-2-6-13-22)30-23-14-9-15-24(20-23)31-29(36)32-28(34)25-16-7-8-17-26(25)35-19-18-21-10-3-1-4-11-21/h1,3-4,7-11,14-17,20,22H,2,5-6,12-13,18-19H2,(H,30,33)(H2,31,32,34,36). The van der Waals surface area contributed by atoms with Crippen LogP contribution in [0.2, 0.25) is 0 Å². The first-order valence-electron chi connectivity index (χ1n) is 12.4. The maximum atomic E-state index is 12.9. The smallest absolute Gasteiger partial charge is 0.261 e. The van der Waals surface area contributed by atoms with Crippen LogP contribution in [0.4, 0.5) is 11.4 Å². The van der Waals surface area contributed by atoms with E-state index in [-0.39, 0.29) is 22.8 Å². The molecule has 6 nitrogen and oxygen atoms in total. The monoisotopic (exact) mass is 501 g/mol. The van der Waals surface area contributed by atoms with Crippen LogP contribution in [-0.4, -0.2) is 23.5 Å². The summed E-state index contributed by atoms with van der Waals surface area (Å²) < 4.78 is 5.90. The predicted octanol–water partition coefficient (Wildman–Crippen LogP) is 5.95. The summed E-state index contributed by atoms with van der Waals surface area (Å²) in [6, 6.07) is 24.5. The molecule has 0 spiro atoms. The van der Waals surface area contributed by atoms with Gasteiger partial charge in [-0.15, -0.1) is 0 Å². The Bertz CT molecular complexity index is 1190. The van der Waals surface area contributed by atoms with Gasteiger partial charge in [0.25, 0.3) is 5.91 Å². The molecule has 0 atom stereocenters. The minimum atomic E-state index is -0.357. The van der Waals surface area contributed by atoms with Gasteiger partial charge in [0.05, 0.1) is 12.2 Å². The second kappa shape index (κ2) is 12.8. The van der Waals surface area contributed by atoms with Gasteiger partial charge in [0.2, 0.25) is 5.91 Å². The van der Waals surface area contributed by atoms with Gasteiger partial charge in [0, 0.05) is 23.7 Å². The van der Waals surface area contributed by atoms with Crippen LogP contribution in [0.3, 0.4) is 0 Å². The zero-order chi connectivity index (χ0) is 25.2. The van der Waals surface area contributed by atoms with Gasteiger partial charge in [0.15, 0.2) is 5.11 Å². The number of nitrogens with one attached hydrogen (secondary N) is 3. The molecule has 0 saturated heterocycles. The molecule has 3 aromatic carbocycles. The molecule has 0 bridgehead atoms. The minimum absolute atomic E-state index is 0.0617. The summed E-state index contributed by atoms with van der Waals surface area (Å²) in [4.78, 5) is 25.5. The van der Waals surface area contributed by atoms with Crippen molar-refractivity contribution in [3.63, 3.8) is 0 Å². The number of thiocarbonyl (C=S) groups is 1. The second-order valence-electron chi connectivity index (χ2n) is 8.89. The molecule has 0 aliphatic heterocycles. The largest absolute Gasteiger partial charge is 0.492 e. The van der Waals surface area contributed by atoms with E-state index >= 15 is 0 Å². The van der Waals surface area contributed by atoms with E-state index in [0.29, 0.717) is 29.3 Å². The lowest BCUT2D eigenvalue weighted by Crippen LogP contribution is -2.34. The van der Waals surface area contributed by atoms with Gasteiger partial charge in [0.1, 0.15) is 5.75 Å². The lowest BCUT2D eigenvalue weighted by Gasteiger charge is -2.21. The van der Waals surface area contributed by atoms with Crippen molar-refractivity contribution in [1.82, 2.24) is 5.32 Å². The SMILES string of the molecule is O=C(NC(=S)Nc1cccc(NC(=O)C2CCCCC2)c1)c1ccccc1OCCc1ccccc1. The summed E-state index contributed by atoms with van der Waals surface area (Å²) >= 11 is 5.37. The Labute approximate surface area is 217 Å². The molecule has 36 heavy (non-hydrogen) atoms. The highest BCUT2D eigenvalue weighted by Crippen LogP contribution is 2.25. The van der Waals surface area contributed by atoms with Crippen LogP contribution in [0.1, 0.15) is 48.0 Å². The Morgan fingerprint density at radius 1 is 0.833 bits per heavy atom. The van der Waals surface area contributed by atoms with Crippen molar-refractivity contribution in [3.8, 4) is 5.75 Å². The highest BCUT2D eigenvalue weighted by atomic mass is 32.1. The number of para-hydroxylation sites is 1. The van der Waals surface area contributed by atoms with Gasteiger partial charge in [-0.1, -0.05) is 67.8 Å². The van der Waals surface area contributed by atoms with E-state index in [4.69, 9.17) is 17.0 Å². The molecule has 1 saturated carbocycles. The summed E-state index contributed by atoms with van der Waals surface area (Å²) in [6.45, 7) is 0.455. The van der Waals surface area contributed by atoms with Crippen LogP contribution >= 0.6 is 12.2 Å². The Hall–Kier alpha value is -3.71. The van der Waals surface area contributed by atoms with E-state index < -0.39 is 0 Å². The van der Waals surface area contributed by atoms with Crippen molar-refractivity contribution < 1.29 is 14.3 Å². The molecule has 3 N–H and O–H groups in total. The number of anilines is 2. The number of benzene rings is 3. The molecule has 3 aromatic rings. The lowest BCUT2D eigenvalue weighted by atomic mass is 9.88. The molecule has 0 unspecified atom stereocenters. The van der Waals surface area contributed by atoms with E-state index in [9.17, 15) is 9.59 Å². The number of carbonyl (C=O) groups is 2. The van der Waals surface area contributed by atoms with E-state index in [1.165, 1.54) is 12.0 Å². The maximum absolute atomic E-state index is 12.9. The summed E-state index contributed by atoms with van der Waals surface area (Å²) in [5, 5.41) is 8.91. The summed E-state index contributed by atoms with van der Waals surface area (Å²) in [7, 11) is 0. The third-order valence-corrected chi connectivity index (χ3v) is 6.42. The lowest BCUT2D eigenvalue weighted by molar-refractivity contribution is -0.120. The van der Waals surface area contributed by atoms with Gasteiger partial charge in [-0.3, -0.25) is 14.9 Å². The van der Waals surface area contributed by atoms with Crippen molar-refractivity contribution in [2.24, 2.45) is 5.92 Å². The molecule has 7 heteroatoms. The van der Waals surface area contributed by atoms with Crippen LogP contribution < -0.4 is 20.7 Å². The molecular weight excluding hydrogens is 470 g/mol. The first-order valence-corrected chi connectivity index (χ1v) is 12.8. The average Bonchev–Trinajstić information content (AvgIpc) is 2.90. The summed E-state index contributed by atoms with van der Waals surface area (Å²) in [5.41, 5.74) is 2.95.